The van der Waals surface area contributed by atoms with E-state index in [0.717, 1.165) is 31.2 Å². The highest BCUT2D eigenvalue weighted by Gasteiger charge is 2.25. The van der Waals surface area contributed by atoms with E-state index in [0.29, 0.717) is 0 Å². The Hall–Kier alpha value is -0.0800. The van der Waals surface area contributed by atoms with E-state index in [9.17, 15) is 0 Å². The summed E-state index contributed by atoms with van der Waals surface area (Å²) in [5.41, 5.74) is 0. The van der Waals surface area contributed by atoms with Gasteiger partial charge in [-0.3, -0.25) is 0 Å². The lowest BCUT2D eigenvalue weighted by Crippen LogP contribution is -2.40. The molecule has 2 nitrogen and oxygen atoms in total. The zero-order valence-electron chi connectivity index (χ0n) is 9.30. The molecule has 2 heteroatoms. The first-order valence-electron chi connectivity index (χ1n) is 6.22. The van der Waals surface area contributed by atoms with Gasteiger partial charge in [0.05, 0.1) is 0 Å². The van der Waals surface area contributed by atoms with Gasteiger partial charge in [-0.2, -0.15) is 0 Å². The van der Waals surface area contributed by atoms with Gasteiger partial charge in [-0.15, -0.1) is 0 Å². The van der Waals surface area contributed by atoms with Crippen molar-refractivity contribution in [1.29, 1.82) is 0 Å². The maximum atomic E-state index is 5.37. The number of hydrogen-bond donors (Lipinski definition) is 1. The van der Waals surface area contributed by atoms with Crippen LogP contribution in [0.2, 0.25) is 0 Å². The number of rotatable bonds is 3. The Morgan fingerprint density at radius 2 is 1.86 bits per heavy atom. The van der Waals surface area contributed by atoms with E-state index in [-0.39, 0.29) is 0 Å². The van der Waals surface area contributed by atoms with Crippen LogP contribution >= 0.6 is 0 Å². The molecule has 2 aliphatic rings. The van der Waals surface area contributed by atoms with Crippen LogP contribution in [0.4, 0.5) is 0 Å². The Labute approximate surface area is 87.4 Å². The Kier molecular flexibility index (Phi) is 3.82. The second kappa shape index (κ2) is 5.13. The van der Waals surface area contributed by atoms with Crippen molar-refractivity contribution in [3.63, 3.8) is 0 Å². The van der Waals surface area contributed by atoms with Crippen molar-refractivity contribution in [3.8, 4) is 0 Å². The Morgan fingerprint density at radius 3 is 2.50 bits per heavy atom. The van der Waals surface area contributed by atoms with Crippen LogP contribution in [0.1, 0.15) is 45.4 Å². The largest absolute Gasteiger partial charge is 0.381 e. The Bertz CT molecular complexity index is 166. The van der Waals surface area contributed by atoms with Crippen molar-refractivity contribution >= 4 is 0 Å². The van der Waals surface area contributed by atoms with Gasteiger partial charge in [0.1, 0.15) is 0 Å². The number of ether oxygens (including phenoxy) is 1. The Balaban J connectivity index is 1.69. The summed E-state index contributed by atoms with van der Waals surface area (Å²) in [6.07, 6.45) is 8.05. The van der Waals surface area contributed by atoms with Crippen molar-refractivity contribution in [2.75, 3.05) is 13.2 Å². The molecular formula is C12H23NO. The third-order valence-corrected chi connectivity index (χ3v) is 3.81. The van der Waals surface area contributed by atoms with E-state index in [4.69, 9.17) is 4.74 Å². The SMILES string of the molecule is CCC1CC[C@@H](NC2CCOCC2)C1. The van der Waals surface area contributed by atoms with Gasteiger partial charge in [-0.05, 0) is 38.0 Å². The normalized spacial score (nSPS) is 34.9. The molecule has 1 aliphatic heterocycles. The second-order valence-electron chi connectivity index (χ2n) is 4.84. The highest BCUT2D eigenvalue weighted by Crippen LogP contribution is 2.28. The average Bonchev–Trinajstić information content (AvgIpc) is 2.67. The monoisotopic (exact) mass is 197 g/mol. The van der Waals surface area contributed by atoms with Crippen LogP contribution in [0, 0.1) is 5.92 Å². The van der Waals surface area contributed by atoms with Crippen LogP contribution in [-0.4, -0.2) is 25.3 Å². The lowest BCUT2D eigenvalue weighted by atomic mass is 10.0. The first kappa shape index (κ1) is 10.4. The number of hydrogen-bond acceptors (Lipinski definition) is 2. The molecule has 82 valence electrons. The summed E-state index contributed by atoms with van der Waals surface area (Å²) in [6.45, 7) is 4.24. The fourth-order valence-electron chi connectivity index (χ4n) is 2.79. The minimum atomic E-state index is 0.740. The molecular weight excluding hydrogens is 174 g/mol. The molecule has 1 saturated heterocycles. The van der Waals surface area contributed by atoms with Crippen LogP contribution < -0.4 is 5.32 Å². The third-order valence-electron chi connectivity index (χ3n) is 3.81. The average molecular weight is 197 g/mol. The highest BCUT2D eigenvalue weighted by molar-refractivity contribution is 4.83. The van der Waals surface area contributed by atoms with Crippen LogP contribution in [0.25, 0.3) is 0 Å². The van der Waals surface area contributed by atoms with Crippen LogP contribution in [0.15, 0.2) is 0 Å². The summed E-state index contributed by atoms with van der Waals surface area (Å²) in [6, 6.07) is 1.55. The predicted molar refractivity (Wildman–Crippen MR) is 58.4 cm³/mol. The molecule has 2 fully saturated rings. The minimum Gasteiger partial charge on any atom is -0.381 e. The smallest absolute Gasteiger partial charge is 0.0480 e. The van der Waals surface area contributed by atoms with E-state index in [1.165, 1.54) is 38.5 Å². The van der Waals surface area contributed by atoms with E-state index >= 15 is 0 Å². The second-order valence-corrected chi connectivity index (χ2v) is 4.84. The topological polar surface area (TPSA) is 21.3 Å². The molecule has 1 unspecified atom stereocenters. The molecule has 2 rings (SSSR count). The third kappa shape index (κ3) is 2.71. The van der Waals surface area contributed by atoms with E-state index in [1.54, 1.807) is 0 Å². The maximum Gasteiger partial charge on any atom is 0.0480 e. The molecule has 0 spiro atoms. The van der Waals surface area contributed by atoms with Gasteiger partial charge in [0.25, 0.3) is 0 Å². The molecule has 14 heavy (non-hydrogen) atoms. The van der Waals surface area contributed by atoms with Gasteiger partial charge < -0.3 is 10.1 Å². The zero-order valence-corrected chi connectivity index (χ0v) is 9.30. The van der Waals surface area contributed by atoms with Crippen LogP contribution in [0.3, 0.4) is 0 Å². The van der Waals surface area contributed by atoms with E-state index < -0.39 is 0 Å². The molecule has 1 N–H and O–H groups in total. The van der Waals surface area contributed by atoms with Crippen molar-refractivity contribution in [1.82, 2.24) is 5.32 Å². The fourth-order valence-corrected chi connectivity index (χ4v) is 2.79. The summed E-state index contributed by atoms with van der Waals surface area (Å²) in [5, 5.41) is 3.80. The highest BCUT2D eigenvalue weighted by atomic mass is 16.5. The van der Waals surface area contributed by atoms with Gasteiger partial charge in [-0.25, -0.2) is 0 Å². The molecule has 1 heterocycles. The first-order valence-corrected chi connectivity index (χ1v) is 6.22. The van der Waals surface area contributed by atoms with Crippen molar-refractivity contribution in [2.45, 2.75) is 57.5 Å². The predicted octanol–water partition coefficient (Wildman–Crippen LogP) is 2.33. The lowest BCUT2D eigenvalue weighted by Gasteiger charge is -2.26. The van der Waals surface area contributed by atoms with Gasteiger partial charge in [-0.1, -0.05) is 13.3 Å². The van der Waals surface area contributed by atoms with E-state index in [2.05, 4.69) is 12.2 Å². The molecule has 0 amide bonds. The molecule has 1 aliphatic carbocycles. The van der Waals surface area contributed by atoms with Crippen molar-refractivity contribution in [2.24, 2.45) is 5.92 Å². The molecule has 0 radical (unpaired) electrons. The van der Waals surface area contributed by atoms with Gasteiger partial charge in [0, 0.05) is 25.3 Å². The van der Waals surface area contributed by atoms with Crippen molar-refractivity contribution < 1.29 is 4.74 Å². The van der Waals surface area contributed by atoms with Gasteiger partial charge in [0.15, 0.2) is 0 Å². The van der Waals surface area contributed by atoms with Gasteiger partial charge in [0.2, 0.25) is 0 Å². The fraction of sp³-hybridized carbons (Fsp3) is 1.00. The lowest BCUT2D eigenvalue weighted by molar-refractivity contribution is 0.0749. The summed E-state index contributed by atoms with van der Waals surface area (Å²) < 4.78 is 5.37. The molecule has 0 bridgehead atoms. The minimum absolute atomic E-state index is 0.740. The molecule has 0 aromatic carbocycles. The molecule has 0 aromatic rings. The van der Waals surface area contributed by atoms with Gasteiger partial charge >= 0.3 is 0 Å². The van der Waals surface area contributed by atoms with Crippen LogP contribution in [-0.2, 0) is 4.74 Å². The summed E-state index contributed by atoms with van der Waals surface area (Å²) in [7, 11) is 0. The maximum absolute atomic E-state index is 5.37. The standard InChI is InChI=1S/C12H23NO/c1-2-10-3-4-12(9-10)13-11-5-7-14-8-6-11/h10-13H,2-9H2,1H3/t10?,12-/m1/s1. The first-order chi connectivity index (χ1) is 6.88. The summed E-state index contributed by atoms with van der Waals surface area (Å²) >= 11 is 0. The summed E-state index contributed by atoms with van der Waals surface area (Å²) in [5.74, 6) is 0.993. The zero-order chi connectivity index (χ0) is 9.80. The molecule has 1 saturated carbocycles. The molecule has 2 atom stereocenters. The number of nitrogens with one attached hydrogen (secondary N) is 1. The van der Waals surface area contributed by atoms with E-state index in [1.807, 2.05) is 0 Å². The van der Waals surface area contributed by atoms with Crippen molar-refractivity contribution in [3.05, 3.63) is 0 Å². The molecule has 0 aromatic heterocycles. The van der Waals surface area contributed by atoms with Crippen LogP contribution in [0.5, 0.6) is 0 Å². The Morgan fingerprint density at radius 1 is 1.07 bits per heavy atom. The quantitative estimate of drug-likeness (QED) is 0.750. The summed E-state index contributed by atoms with van der Waals surface area (Å²) in [4.78, 5) is 0.